The lowest BCUT2D eigenvalue weighted by Gasteiger charge is -2.45. The van der Waals surface area contributed by atoms with Crippen molar-refractivity contribution in [2.75, 3.05) is 7.11 Å². The van der Waals surface area contributed by atoms with E-state index in [0.717, 1.165) is 19.3 Å². The van der Waals surface area contributed by atoms with Crippen LogP contribution in [0.2, 0.25) is 0 Å². The van der Waals surface area contributed by atoms with Crippen molar-refractivity contribution >= 4 is 18.6 Å². The Morgan fingerprint density at radius 3 is 1.88 bits per heavy atom. The number of esters is 1. The summed E-state index contributed by atoms with van der Waals surface area (Å²) in [7, 11) is 1.47. The first-order valence-corrected chi connectivity index (χ1v) is 6.82. The number of rotatable bonds is 6. The molecule has 0 bridgehead atoms. The highest BCUT2D eigenvalue weighted by Crippen LogP contribution is 2.49. The molecule has 0 aromatic heterocycles. The lowest BCUT2D eigenvalue weighted by Crippen LogP contribution is -2.46. The second kappa shape index (κ2) is 5.64. The van der Waals surface area contributed by atoms with Gasteiger partial charge in [-0.05, 0) is 31.6 Å². The molecule has 0 fully saturated rings. The first-order chi connectivity index (χ1) is 7.56. The largest absolute Gasteiger partial charge is 0.469 e. The molecule has 3 heteroatoms. The molecule has 0 aliphatic rings. The highest BCUT2D eigenvalue weighted by Gasteiger charge is 2.49. The van der Waals surface area contributed by atoms with Crippen molar-refractivity contribution in [1.82, 2.24) is 0 Å². The molecule has 2 atom stereocenters. The fourth-order valence-corrected chi connectivity index (χ4v) is 2.41. The van der Waals surface area contributed by atoms with Crippen LogP contribution in [-0.2, 0) is 9.53 Å². The second-order valence-electron chi connectivity index (χ2n) is 6.09. The summed E-state index contributed by atoms with van der Waals surface area (Å²) in [5.41, 5.74) is -0.595. The predicted octanol–water partition coefficient (Wildman–Crippen LogP) is 4.09. The summed E-state index contributed by atoms with van der Waals surface area (Å²) >= 11 is 4.68. The number of hydrogen-bond donors (Lipinski definition) is 1. The molecule has 0 amide bonds. The van der Waals surface area contributed by atoms with Crippen LogP contribution in [-0.4, -0.2) is 17.8 Å². The van der Waals surface area contributed by atoms with Crippen LogP contribution in [0.1, 0.15) is 60.8 Å². The lowest BCUT2D eigenvalue weighted by atomic mass is 9.61. The monoisotopic (exact) mass is 260 g/mol. The van der Waals surface area contributed by atoms with Crippen molar-refractivity contribution in [3.8, 4) is 0 Å². The second-order valence-corrected chi connectivity index (χ2v) is 7.17. The number of ether oxygens (including phenoxy) is 1. The molecule has 0 radical (unpaired) electrons. The zero-order valence-corrected chi connectivity index (χ0v) is 13.3. The van der Waals surface area contributed by atoms with Crippen LogP contribution in [0.3, 0.4) is 0 Å². The number of methoxy groups -OCH3 is 1. The minimum absolute atomic E-state index is 0.0980. The van der Waals surface area contributed by atoms with Gasteiger partial charge in [-0.15, -0.1) is 0 Å². The Morgan fingerprint density at radius 2 is 1.59 bits per heavy atom. The van der Waals surface area contributed by atoms with Gasteiger partial charge in [-0.3, -0.25) is 4.79 Å². The van der Waals surface area contributed by atoms with E-state index < -0.39 is 5.41 Å². The van der Waals surface area contributed by atoms with Crippen molar-refractivity contribution in [2.45, 2.75) is 65.6 Å². The molecule has 17 heavy (non-hydrogen) atoms. The minimum Gasteiger partial charge on any atom is -0.469 e. The Balaban J connectivity index is 5.34. The Kier molecular flexibility index (Phi) is 5.58. The summed E-state index contributed by atoms with van der Waals surface area (Å²) in [6, 6.07) is 0. The topological polar surface area (TPSA) is 26.3 Å². The highest BCUT2D eigenvalue weighted by atomic mass is 32.1. The molecule has 0 saturated heterocycles. The van der Waals surface area contributed by atoms with Gasteiger partial charge in [0.05, 0.1) is 12.5 Å². The molecular weight excluding hydrogens is 232 g/mol. The minimum atomic E-state index is -0.497. The smallest absolute Gasteiger partial charge is 0.312 e. The summed E-state index contributed by atoms with van der Waals surface area (Å²) < 4.78 is 4.88. The first-order valence-electron chi connectivity index (χ1n) is 6.37. The van der Waals surface area contributed by atoms with Gasteiger partial charge in [0.25, 0.3) is 0 Å². The average Bonchev–Trinajstić information content (AvgIpc) is 2.26. The van der Waals surface area contributed by atoms with Crippen molar-refractivity contribution < 1.29 is 9.53 Å². The summed E-state index contributed by atoms with van der Waals surface area (Å²) in [4.78, 5) is 12.2. The third-order valence-electron chi connectivity index (χ3n) is 4.51. The van der Waals surface area contributed by atoms with E-state index in [9.17, 15) is 4.79 Å². The van der Waals surface area contributed by atoms with Gasteiger partial charge in [0, 0.05) is 4.75 Å². The summed E-state index contributed by atoms with van der Waals surface area (Å²) in [5.74, 6) is -0.127. The van der Waals surface area contributed by atoms with E-state index in [1.54, 1.807) is 0 Å². The Labute approximate surface area is 112 Å². The Morgan fingerprint density at radius 1 is 1.12 bits per heavy atom. The Bertz CT molecular complexity index is 271. The first kappa shape index (κ1) is 16.8. The molecule has 0 aliphatic heterocycles. The van der Waals surface area contributed by atoms with Gasteiger partial charge in [0.1, 0.15) is 0 Å². The van der Waals surface area contributed by atoms with Crippen LogP contribution < -0.4 is 0 Å². The Hall–Kier alpha value is -0.180. The highest BCUT2D eigenvalue weighted by molar-refractivity contribution is 7.81. The van der Waals surface area contributed by atoms with Crippen molar-refractivity contribution in [3.05, 3.63) is 0 Å². The van der Waals surface area contributed by atoms with Crippen molar-refractivity contribution in [1.29, 1.82) is 0 Å². The standard InChI is InChI=1S/C14H28O2S/c1-8-12(3,4)14(6,11(15)16-7)10-13(5,17)9-2/h17H,8-10H2,1-7H3. The van der Waals surface area contributed by atoms with Gasteiger partial charge in [0.2, 0.25) is 0 Å². The third-order valence-corrected chi connectivity index (χ3v) is 4.98. The number of carbonyl (C=O) groups excluding carboxylic acids is 1. The van der Waals surface area contributed by atoms with Crippen molar-refractivity contribution in [3.63, 3.8) is 0 Å². The maximum Gasteiger partial charge on any atom is 0.312 e. The molecule has 0 N–H and O–H groups in total. The van der Waals surface area contributed by atoms with Crippen LogP contribution in [0.15, 0.2) is 0 Å². The van der Waals surface area contributed by atoms with E-state index in [4.69, 9.17) is 4.74 Å². The van der Waals surface area contributed by atoms with Crippen LogP contribution in [0.5, 0.6) is 0 Å². The lowest BCUT2D eigenvalue weighted by molar-refractivity contribution is -0.161. The van der Waals surface area contributed by atoms with E-state index >= 15 is 0 Å². The molecule has 2 unspecified atom stereocenters. The van der Waals surface area contributed by atoms with Crippen LogP contribution in [0, 0.1) is 10.8 Å². The van der Waals surface area contributed by atoms with E-state index in [1.807, 2.05) is 6.92 Å². The fourth-order valence-electron chi connectivity index (χ4n) is 2.09. The summed E-state index contributed by atoms with van der Waals surface area (Å²) in [5, 5.41) is 0. The molecule has 0 aliphatic carbocycles. The third kappa shape index (κ3) is 3.64. The number of hydrogen-bond acceptors (Lipinski definition) is 3. The quantitative estimate of drug-likeness (QED) is 0.575. The molecule has 2 nitrogen and oxygen atoms in total. The predicted molar refractivity (Wildman–Crippen MR) is 76.5 cm³/mol. The zero-order valence-electron chi connectivity index (χ0n) is 12.4. The van der Waals surface area contributed by atoms with Gasteiger partial charge >= 0.3 is 5.97 Å². The molecule has 0 aromatic rings. The molecule has 0 aromatic carbocycles. The molecule has 0 saturated carbocycles. The normalized spacial score (nSPS) is 19.3. The fraction of sp³-hybridized carbons (Fsp3) is 0.929. The van der Waals surface area contributed by atoms with E-state index in [0.29, 0.717) is 0 Å². The SMILES string of the molecule is CCC(C)(S)CC(C)(C(=O)OC)C(C)(C)CC. The van der Waals surface area contributed by atoms with E-state index in [2.05, 4.69) is 47.2 Å². The number of carbonyl (C=O) groups is 1. The van der Waals surface area contributed by atoms with Gasteiger partial charge in [-0.1, -0.05) is 34.6 Å². The van der Waals surface area contributed by atoms with Crippen LogP contribution >= 0.6 is 12.6 Å². The van der Waals surface area contributed by atoms with Gasteiger partial charge in [0.15, 0.2) is 0 Å². The van der Waals surface area contributed by atoms with Crippen molar-refractivity contribution in [2.24, 2.45) is 10.8 Å². The number of thiol groups is 1. The molecule has 102 valence electrons. The van der Waals surface area contributed by atoms with Crippen LogP contribution in [0.4, 0.5) is 0 Å². The molecule has 0 spiro atoms. The van der Waals surface area contributed by atoms with Gasteiger partial charge < -0.3 is 4.74 Å². The van der Waals surface area contributed by atoms with Gasteiger partial charge in [-0.2, -0.15) is 12.6 Å². The maximum atomic E-state index is 12.2. The summed E-state index contributed by atoms with van der Waals surface area (Å²) in [6.45, 7) is 12.6. The molecule has 0 rings (SSSR count). The molecule has 0 heterocycles. The molecular formula is C14H28O2S. The average molecular weight is 260 g/mol. The van der Waals surface area contributed by atoms with Crippen LogP contribution in [0.25, 0.3) is 0 Å². The summed E-state index contributed by atoms with van der Waals surface area (Å²) in [6.07, 6.45) is 2.60. The zero-order chi connectivity index (χ0) is 13.9. The van der Waals surface area contributed by atoms with Gasteiger partial charge in [-0.25, -0.2) is 0 Å². The maximum absolute atomic E-state index is 12.2. The van der Waals surface area contributed by atoms with E-state index in [-0.39, 0.29) is 16.1 Å². The van der Waals surface area contributed by atoms with E-state index in [1.165, 1.54) is 7.11 Å².